The van der Waals surface area contributed by atoms with E-state index in [1.54, 1.807) is 0 Å². The number of nitrogens with one attached hydrogen (secondary N) is 1. The quantitative estimate of drug-likeness (QED) is 0.696. The predicted octanol–water partition coefficient (Wildman–Crippen LogP) is 1.80. The maximum atomic E-state index is 5.55. The fourth-order valence-corrected chi connectivity index (χ4v) is 1.89. The van der Waals surface area contributed by atoms with Gasteiger partial charge in [0.25, 0.3) is 0 Å². The summed E-state index contributed by atoms with van der Waals surface area (Å²) in [6, 6.07) is 0.696. The van der Waals surface area contributed by atoms with Crippen LogP contribution in [0.15, 0.2) is 0 Å². The van der Waals surface area contributed by atoms with Gasteiger partial charge in [-0.2, -0.15) is 0 Å². The Hall–Kier alpha value is -0.0800. The van der Waals surface area contributed by atoms with Gasteiger partial charge in [0.1, 0.15) is 0 Å². The van der Waals surface area contributed by atoms with Gasteiger partial charge in [-0.15, -0.1) is 0 Å². The van der Waals surface area contributed by atoms with Gasteiger partial charge in [0.05, 0.1) is 6.10 Å². The zero-order valence-corrected chi connectivity index (χ0v) is 8.47. The van der Waals surface area contributed by atoms with Crippen molar-refractivity contribution in [2.75, 3.05) is 13.2 Å². The zero-order chi connectivity index (χ0) is 8.97. The first-order valence-electron chi connectivity index (χ1n) is 5.07. The van der Waals surface area contributed by atoms with Crippen molar-refractivity contribution in [3.63, 3.8) is 0 Å². The highest BCUT2D eigenvalue weighted by Crippen LogP contribution is 2.16. The molecule has 1 N–H and O–H groups in total. The molecule has 1 aliphatic rings. The molecule has 1 fully saturated rings. The van der Waals surface area contributed by atoms with Crippen LogP contribution in [0.2, 0.25) is 0 Å². The molecule has 1 aliphatic heterocycles. The molecular weight excluding hydrogens is 150 g/mol. The summed E-state index contributed by atoms with van der Waals surface area (Å²) < 4.78 is 5.55. The van der Waals surface area contributed by atoms with Crippen molar-refractivity contribution < 1.29 is 4.74 Å². The number of rotatable bonds is 4. The van der Waals surface area contributed by atoms with Crippen LogP contribution in [0.3, 0.4) is 0 Å². The first kappa shape index (κ1) is 10.0. The molecule has 0 aromatic heterocycles. The lowest BCUT2D eigenvalue weighted by molar-refractivity contribution is 0.0753. The molecule has 0 amide bonds. The van der Waals surface area contributed by atoms with E-state index in [1.165, 1.54) is 12.8 Å². The minimum atomic E-state index is 0.471. The molecule has 0 spiro atoms. The van der Waals surface area contributed by atoms with E-state index in [2.05, 4.69) is 26.1 Å². The molecule has 2 atom stereocenters. The van der Waals surface area contributed by atoms with Gasteiger partial charge >= 0.3 is 0 Å². The third kappa shape index (κ3) is 3.11. The van der Waals surface area contributed by atoms with Gasteiger partial charge in [0.2, 0.25) is 0 Å². The highest BCUT2D eigenvalue weighted by atomic mass is 16.5. The summed E-state index contributed by atoms with van der Waals surface area (Å²) in [6.07, 6.45) is 2.95. The highest BCUT2D eigenvalue weighted by molar-refractivity contribution is 4.82. The van der Waals surface area contributed by atoms with Crippen molar-refractivity contribution in [3.05, 3.63) is 0 Å². The average Bonchev–Trinajstić information content (AvgIpc) is 2.36. The van der Waals surface area contributed by atoms with Crippen LogP contribution in [-0.2, 0) is 4.74 Å². The SMILES string of the molecule is CCO[C@@H]1CN[C@@H](CC(C)C)C1. The van der Waals surface area contributed by atoms with Crippen LogP contribution in [0.5, 0.6) is 0 Å². The van der Waals surface area contributed by atoms with E-state index < -0.39 is 0 Å². The predicted molar refractivity (Wildman–Crippen MR) is 51.3 cm³/mol. The fraction of sp³-hybridized carbons (Fsp3) is 1.00. The van der Waals surface area contributed by atoms with Crippen molar-refractivity contribution in [1.82, 2.24) is 5.32 Å². The summed E-state index contributed by atoms with van der Waals surface area (Å²) in [5.41, 5.74) is 0. The third-order valence-electron chi connectivity index (χ3n) is 2.34. The summed E-state index contributed by atoms with van der Waals surface area (Å²) in [6.45, 7) is 8.51. The molecule has 1 heterocycles. The average molecular weight is 171 g/mol. The Morgan fingerprint density at radius 3 is 2.83 bits per heavy atom. The Balaban J connectivity index is 2.16. The van der Waals surface area contributed by atoms with Crippen LogP contribution in [0.25, 0.3) is 0 Å². The van der Waals surface area contributed by atoms with Crippen molar-refractivity contribution >= 4 is 0 Å². The second kappa shape index (κ2) is 4.83. The summed E-state index contributed by atoms with van der Waals surface area (Å²) >= 11 is 0. The van der Waals surface area contributed by atoms with E-state index in [-0.39, 0.29) is 0 Å². The summed E-state index contributed by atoms with van der Waals surface area (Å²) in [5.74, 6) is 0.794. The lowest BCUT2D eigenvalue weighted by Gasteiger charge is -2.12. The Labute approximate surface area is 75.7 Å². The molecule has 12 heavy (non-hydrogen) atoms. The lowest BCUT2D eigenvalue weighted by atomic mass is 10.0. The highest BCUT2D eigenvalue weighted by Gasteiger charge is 2.24. The monoisotopic (exact) mass is 171 g/mol. The molecule has 0 saturated carbocycles. The molecule has 0 radical (unpaired) electrons. The molecule has 2 nitrogen and oxygen atoms in total. The molecule has 0 aromatic carbocycles. The first-order chi connectivity index (χ1) is 5.72. The van der Waals surface area contributed by atoms with Crippen LogP contribution in [-0.4, -0.2) is 25.3 Å². The van der Waals surface area contributed by atoms with Gasteiger partial charge in [0.15, 0.2) is 0 Å². The van der Waals surface area contributed by atoms with Crippen LogP contribution in [0.4, 0.5) is 0 Å². The number of hydrogen-bond donors (Lipinski definition) is 1. The first-order valence-corrected chi connectivity index (χ1v) is 5.07. The van der Waals surface area contributed by atoms with Gasteiger partial charge < -0.3 is 10.1 Å². The van der Waals surface area contributed by atoms with E-state index in [4.69, 9.17) is 4.74 Å². The van der Waals surface area contributed by atoms with Crippen molar-refractivity contribution in [3.8, 4) is 0 Å². The molecule has 0 bridgehead atoms. The standard InChI is InChI=1S/C10H21NO/c1-4-12-10-6-9(11-7-10)5-8(2)3/h8-11H,4-7H2,1-3H3/t9-,10-/m0/s1. The Kier molecular flexibility index (Phi) is 4.02. The van der Waals surface area contributed by atoms with Gasteiger partial charge in [-0.1, -0.05) is 13.8 Å². The minimum absolute atomic E-state index is 0.471. The van der Waals surface area contributed by atoms with Crippen LogP contribution >= 0.6 is 0 Å². The topological polar surface area (TPSA) is 21.3 Å². The van der Waals surface area contributed by atoms with Gasteiger partial charge in [-0.25, -0.2) is 0 Å². The molecule has 0 aromatic rings. The van der Waals surface area contributed by atoms with Crippen LogP contribution < -0.4 is 5.32 Å². The molecule has 1 saturated heterocycles. The lowest BCUT2D eigenvalue weighted by Crippen LogP contribution is -2.23. The second-order valence-corrected chi connectivity index (χ2v) is 4.05. The molecule has 0 aliphatic carbocycles. The Bertz CT molecular complexity index is 125. The normalized spacial score (nSPS) is 30.0. The van der Waals surface area contributed by atoms with Gasteiger partial charge in [-0.05, 0) is 25.7 Å². The fourth-order valence-electron chi connectivity index (χ4n) is 1.89. The molecule has 1 rings (SSSR count). The minimum Gasteiger partial charge on any atom is -0.377 e. The zero-order valence-electron chi connectivity index (χ0n) is 8.47. The van der Waals surface area contributed by atoms with Gasteiger partial charge in [-0.3, -0.25) is 0 Å². The largest absolute Gasteiger partial charge is 0.377 e. The smallest absolute Gasteiger partial charge is 0.0714 e. The summed E-state index contributed by atoms with van der Waals surface area (Å²) in [5, 5.41) is 3.50. The van der Waals surface area contributed by atoms with Crippen LogP contribution in [0, 0.1) is 5.92 Å². The van der Waals surface area contributed by atoms with E-state index in [9.17, 15) is 0 Å². The Morgan fingerprint density at radius 1 is 1.50 bits per heavy atom. The van der Waals surface area contributed by atoms with Crippen molar-refractivity contribution in [1.29, 1.82) is 0 Å². The number of ether oxygens (including phenoxy) is 1. The van der Waals surface area contributed by atoms with E-state index >= 15 is 0 Å². The number of hydrogen-bond acceptors (Lipinski definition) is 2. The molecule has 2 heteroatoms. The maximum Gasteiger partial charge on any atom is 0.0714 e. The van der Waals surface area contributed by atoms with E-state index in [0.29, 0.717) is 12.1 Å². The van der Waals surface area contributed by atoms with Crippen molar-refractivity contribution in [2.45, 2.75) is 45.8 Å². The molecular formula is C10H21NO. The summed E-state index contributed by atoms with van der Waals surface area (Å²) in [4.78, 5) is 0. The van der Waals surface area contributed by atoms with Gasteiger partial charge in [0, 0.05) is 19.2 Å². The maximum absolute atomic E-state index is 5.55. The second-order valence-electron chi connectivity index (χ2n) is 4.05. The van der Waals surface area contributed by atoms with Crippen LogP contribution in [0.1, 0.15) is 33.6 Å². The van der Waals surface area contributed by atoms with E-state index in [1.807, 2.05) is 0 Å². The summed E-state index contributed by atoms with van der Waals surface area (Å²) in [7, 11) is 0. The molecule has 0 unspecified atom stereocenters. The third-order valence-corrected chi connectivity index (χ3v) is 2.34. The van der Waals surface area contributed by atoms with Crippen molar-refractivity contribution in [2.24, 2.45) is 5.92 Å². The van der Waals surface area contributed by atoms with E-state index in [0.717, 1.165) is 19.1 Å². The molecule has 72 valence electrons. The Morgan fingerprint density at radius 2 is 2.25 bits per heavy atom.